The normalized spacial score (nSPS) is 12.9. The van der Waals surface area contributed by atoms with Gasteiger partial charge in [0.1, 0.15) is 0 Å². The fourth-order valence-electron chi connectivity index (χ4n) is 3.87. The molecule has 2 N–H and O–H groups in total. The van der Waals surface area contributed by atoms with Crippen molar-refractivity contribution < 1.29 is 8.42 Å². The van der Waals surface area contributed by atoms with Crippen LogP contribution in [0.5, 0.6) is 0 Å². The molecule has 1 aromatic carbocycles. The molecule has 0 bridgehead atoms. The molecule has 0 aliphatic carbocycles. The molecule has 0 spiro atoms. The molecule has 0 fully saturated rings. The number of nitrogen functional groups attached to an aromatic ring is 1. The maximum absolute atomic E-state index is 11.6. The van der Waals surface area contributed by atoms with E-state index in [0.717, 1.165) is 34.2 Å². The van der Waals surface area contributed by atoms with Gasteiger partial charge in [-0.25, -0.2) is 18.4 Å². The summed E-state index contributed by atoms with van der Waals surface area (Å²) < 4.78 is 23.2. The second kappa shape index (κ2) is 8.90. The van der Waals surface area contributed by atoms with E-state index in [-0.39, 0.29) is 22.3 Å². The molecule has 0 amide bonds. The van der Waals surface area contributed by atoms with Gasteiger partial charge in [0.25, 0.3) is 0 Å². The van der Waals surface area contributed by atoms with Crippen LogP contribution in [0.15, 0.2) is 72.1 Å². The minimum absolute atomic E-state index is 0.0527. The number of pyridine rings is 1. The summed E-state index contributed by atoms with van der Waals surface area (Å²) in [6.45, 7) is 6.55. The van der Waals surface area contributed by atoms with E-state index in [0.29, 0.717) is 5.69 Å². The van der Waals surface area contributed by atoms with Crippen LogP contribution in [0.4, 0.5) is 5.95 Å². The van der Waals surface area contributed by atoms with Crippen molar-refractivity contribution in [3.8, 4) is 22.4 Å². The molecule has 0 aliphatic rings. The lowest BCUT2D eigenvalue weighted by molar-refractivity contribution is 0.353. The molecule has 3 heterocycles. The molecule has 4 rings (SSSR count). The number of sulfone groups is 1. The number of aromatic nitrogens is 5. The summed E-state index contributed by atoms with van der Waals surface area (Å²) in [5.74, 6) is 0.303. The predicted molar refractivity (Wildman–Crippen MR) is 132 cm³/mol. The minimum atomic E-state index is -3.39. The average Bonchev–Trinajstić information content (AvgIpc) is 2.79. The highest BCUT2D eigenvalue weighted by Crippen LogP contribution is 2.40. The Labute approximate surface area is 199 Å². The Hall–Kier alpha value is -3.72. The van der Waals surface area contributed by atoms with Gasteiger partial charge in [-0.3, -0.25) is 4.98 Å². The van der Waals surface area contributed by atoms with E-state index in [1.54, 1.807) is 24.7 Å². The van der Waals surface area contributed by atoms with Crippen molar-refractivity contribution in [2.24, 2.45) is 5.41 Å². The number of nitrogens with zero attached hydrogens (tertiary/aromatic N) is 5. The van der Waals surface area contributed by atoms with Crippen molar-refractivity contribution in [2.45, 2.75) is 31.7 Å². The highest BCUT2D eigenvalue weighted by Gasteiger charge is 2.29. The Balaban J connectivity index is 1.63. The molecule has 9 heteroatoms. The van der Waals surface area contributed by atoms with Crippen LogP contribution in [0.1, 0.15) is 37.9 Å². The van der Waals surface area contributed by atoms with E-state index in [9.17, 15) is 8.42 Å². The lowest BCUT2D eigenvalue weighted by Gasteiger charge is -2.31. The van der Waals surface area contributed by atoms with Crippen LogP contribution in [-0.2, 0) is 9.84 Å². The van der Waals surface area contributed by atoms with Crippen LogP contribution in [0.3, 0.4) is 0 Å². The largest absolute Gasteiger partial charge is 0.368 e. The quantitative estimate of drug-likeness (QED) is 0.457. The summed E-state index contributed by atoms with van der Waals surface area (Å²) in [4.78, 5) is 12.9. The van der Waals surface area contributed by atoms with Crippen molar-refractivity contribution in [1.82, 2.24) is 25.1 Å². The maximum Gasteiger partial charge on any atom is 0.219 e. The summed E-state index contributed by atoms with van der Waals surface area (Å²) in [6, 6.07) is 15.3. The van der Waals surface area contributed by atoms with Crippen molar-refractivity contribution in [3.05, 3.63) is 78.4 Å². The maximum atomic E-state index is 11.6. The van der Waals surface area contributed by atoms with Gasteiger partial charge in [-0.05, 0) is 40.8 Å². The number of rotatable bonds is 5. The third-order valence-corrected chi connectivity index (χ3v) is 6.49. The molecule has 8 nitrogen and oxygen atoms in total. The van der Waals surface area contributed by atoms with Gasteiger partial charge in [-0.15, -0.1) is 10.2 Å². The Morgan fingerprint density at radius 2 is 1.38 bits per heavy atom. The van der Waals surface area contributed by atoms with E-state index in [4.69, 9.17) is 10.7 Å². The Bertz CT molecular complexity index is 1380. The highest BCUT2D eigenvalue weighted by atomic mass is 32.2. The van der Waals surface area contributed by atoms with E-state index in [2.05, 4.69) is 65.2 Å². The fourth-order valence-corrected chi connectivity index (χ4v) is 4.37. The number of nitrogens with two attached hydrogens (primary N) is 1. The summed E-state index contributed by atoms with van der Waals surface area (Å²) in [5.41, 5.74) is 10.8. The second-order valence-corrected chi connectivity index (χ2v) is 11.2. The van der Waals surface area contributed by atoms with Crippen LogP contribution in [0.2, 0.25) is 0 Å². The molecule has 4 aromatic rings. The lowest BCUT2D eigenvalue weighted by atomic mass is 9.74. The first-order valence-electron chi connectivity index (χ1n) is 10.7. The topological polar surface area (TPSA) is 125 Å². The molecule has 34 heavy (non-hydrogen) atoms. The fraction of sp³-hybridized carbons (Fsp3) is 0.240. The number of benzene rings is 1. The number of anilines is 1. The van der Waals surface area contributed by atoms with Crippen LogP contribution in [0, 0.1) is 5.41 Å². The zero-order chi connectivity index (χ0) is 24.5. The zero-order valence-corrected chi connectivity index (χ0v) is 20.3. The monoisotopic (exact) mass is 474 g/mol. The van der Waals surface area contributed by atoms with Gasteiger partial charge in [0.15, 0.2) is 14.9 Å². The molecule has 1 unspecified atom stereocenters. The van der Waals surface area contributed by atoms with Crippen LogP contribution >= 0.6 is 0 Å². The molecule has 0 aliphatic heterocycles. The number of hydrogen-bond donors (Lipinski definition) is 1. The third kappa shape index (κ3) is 5.09. The predicted octanol–water partition coefficient (Wildman–Crippen LogP) is 4.16. The van der Waals surface area contributed by atoms with Crippen LogP contribution in [0.25, 0.3) is 22.4 Å². The van der Waals surface area contributed by atoms with Gasteiger partial charge in [0, 0.05) is 47.6 Å². The standard InChI is InChI=1S/C25H26N6O2S/c1-25(2,3)23(17-7-5-16(6-8-17)19-14-28-24(26)29-15-19)21-10-9-18(13-27-21)20-11-12-22(31-30-20)34(4,32)33/h5-15,23H,1-4H3,(H2,26,28,29). The SMILES string of the molecule is CC(C)(C)C(c1ccc(-c2cnc(N)nc2)cc1)c1ccc(-c2ccc(S(C)(=O)=O)nn2)cn1. The van der Waals surface area contributed by atoms with Gasteiger partial charge in [0.2, 0.25) is 5.95 Å². The summed E-state index contributed by atoms with van der Waals surface area (Å²) in [6.07, 6.45) is 6.28. The van der Waals surface area contributed by atoms with E-state index < -0.39 is 9.84 Å². The summed E-state index contributed by atoms with van der Waals surface area (Å²) in [7, 11) is -3.39. The smallest absolute Gasteiger partial charge is 0.219 e. The molecule has 3 aromatic heterocycles. The molecule has 174 valence electrons. The van der Waals surface area contributed by atoms with Crippen molar-refractivity contribution in [2.75, 3.05) is 12.0 Å². The van der Waals surface area contributed by atoms with Gasteiger partial charge in [-0.1, -0.05) is 45.0 Å². The van der Waals surface area contributed by atoms with Gasteiger partial charge < -0.3 is 5.73 Å². The summed E-state index contributed by atoms with van der Waals surface area (Å²) in [5, 5.41) is 7.83. The average molecular weight is 475 g/mol. The number of hydrogen-bond acceptors (Lipinski definition) is 8. The van der Waals surface area contributed by atoms with Crippen molar-refractivity contribution in [1.29, 1.82) is 0 Å². The lowest BCUT2D eigenvalue weighted by Crippen LogP contribution is -2.20. The van der Waals surface area contributed by atoms with Crippen LogP contribution < -0.4 is 5.73 Å². The third-order valence-electron chi connectivity index (χ3n) is 5.51. The van der Waals surface area contributed by atoms with Gasteiger partial charge >= 0.3 is 0 Å². The minimum Gasteiger partial charge on any atom is -0.368 e. The van der Waals surface area contributed by atoms with Gasteiger partial charge in [-0.2, -0.15) is 0 Å². The highest BCUT2D eigenvalue weighted by molar-refractivity contribution is 7.90. The summed E-state index contributed by atoms with van der Waals surface area (Å²) >= 11 is 0. The molecule has 1 atom stereocenters. The Morgan fingerprint density at radius 3 is 1.88 bits per heavy atom. The zero-order valence-electron chi connectivity index (χ0n) is 19.5. The molecule has 0 saturated carbocycles. The molecular weight excluding hydrogens is 448 g/mol. The first-order chi connectivity index (χ1) is 16.0. The molecular formula is C25H26N6O2S. The second-order valence-electron chi connectivity index (χ2n) is 9.25. The Morgan fingerprint density at radius 1 is 0.765 bits per heavy atom. The molecule has 0 saturated heterocycles. The van der Waals surface area contributed by atoms with E-state index in [1.807, 2.05) is 12.1 Å². The first-order valence-corrected chi connectivity index (χ1v) is 12.6. The van der Waals surface area contributed by atoms with E-state index >= 15 is 0 Å². The van der Waals surface area contributed by atoms with Crippen molar-refractivity contribution in [3.63, 3.8) is 0 Å². The van der Waals surface area contributed by atoms with Crippen molar-refractivity contribution >= 4 is 15.8 Å². The van der Waals surface area contributed by atoms with Gasteiger partial charge in [0.05, 0.1) is 5.69 Å². The Kier molecular flexibility index (Phi) is 6.14. The van der Waals surface area contributed by atoms with E-state index in [1.165, 1.54) is 6.07 Å². The first kappa shape index (κ1) is 23.4. The van der Waals surface area contributed by atoms with Crippen LogP contribution in [-0.4, -0.2) is 39.8 Å². The molecule has 0 radical (unpaired) electrons.